The first kappa shape index (κ1) is 14.1. The summed E-state index contributed by atoms with van der Waals surface area (Å²) in [6, 6.07) is 10.2. The number of hydroxylamine groups is 2. The summed E-state index contributed by atoms with van der Waals surface area (Å²) in [5, 5.41) is 22.3. The molecule has 0 aliphatic rings. The summed E-state index contributed by atoms with van der Waals surface area (Å²) in [4.78, 5) is 0. The minimum absolute atomic E-state index is 0.0959. The highest BCUT2D eigenvalue weighted by molar-refractivity contribution is 5.77. The molecule has 1 aromatic heterocycles. The SMILES string of the molecule is N=C(N(O)CCCCc1ccccc1)n1cc(N)cn1. The minimum Gasteiger partial charge on any atom is -0.396 e. The Labute approximate surface area is 117 Å². The molecular weight excluding hydrogens is 254 g/mol. The van der Waals surface area contributed by atoms with Crippen LogP contribution in [0.4, 0.5) is 5.69 Å². The van der Waals surface area contributed by atoms with Gasteiger partial charge >= 0.3 is 0 Å². The molecule has 4 N–H and O–H groups in total. The van der Waals surface area contributed by atoms with Gasteiger partial charge in [-0.1, -0.05) is 30.3 Å². The molecule has 2 rings (SSSR count). The quantitative estimate of drug-likeness (QED) is 0.336. The number of benzene rings is 1. The molecule has 106 valence electrons. The number of nitrogens with one attached hydrogen (secondary N) is 1. The molecule has 0 aliphatic heterocycles. The van der Waals surface area contributed by atoms with Crippen LogP contribution in [0.2, 0.25) is 0 Å². The highest BCUT2D eigenvalue weighted by Gasteiger charge is 2.09. The lowest BCUT2D eigenvalue weighted by atomic mass is 10.1. The molecule has 2 aromatic rings. The molecule has 1 aromatic carbocycles. The van der Waals surface area contributed by atoms with Gasteiger partial charge in [-0.15, -0.1) is 0 Å². The highest BCUT2D eigenvalue weighted by atomic mass is 16.5. The van der Waals surface area contributed by atoms with E-state index in [1.54, 1.807) is 0 Å². The Bertz CT molecular complexity index is 552. The standard InChI is InChI=1S/C14H19N5O/c15-13-10-17-18(11-13)14(16)19(20)9-5-4-8-12-6-2-1-3-7-12/h1-3,6-7,10-11,16,20H,4-5,8-9,15H2. The van der Waals surface area contributed by atoms with E-state index in [1.165, 1.54) is 22.6 Å². The minimum atomic E-state index is -0.0959. The van der Waals surface area contributed by atoms with Crippen molar-refractivity contribution in [1.82, 2.24) is 14.8 Å². The third kappa shape index (κ3) is 3.83. The average Bonchev–Trinajstić information content (AvgIpc) is 2.90. The van der Waals surface area contributed by atoms with Crippen molar-refractivity contribution >= 4 is 11.6 Å². The number of hydrogen-bond acceptors (Lipinski definition) is 4. The van der Waals surface area contributed by atoms with Crippen LogP contribution in [0.3, 0.4) is 0 Å². The van der Waals surface area contributed by atoms with Crippen LogP contribution in [-0.2, 0) is 6.42 Å². The van der Waals surface area contributed by atoms with Crippen molar-refractivity contribution in [3.05, 3.63) is 48.3 Å². The molecule has 0 unspecified atom stereocenters. The summed E-state index contributed by atoms with van der Waals surface area (Å²) in [6.45, 7) is 0.394. The van der Waals surface area contributed by atoms with Gasteiger partial charge in [-0.3, -0.25) is 10.6 Å². The van der Waals surface area contributed by atoms with Gasteiger partial charge in [0.25, 0.3) is 0 Å². The van der Waals surface area contributed by atoms with Gasteiger partial charge in [-0.2, -0.15) is 5.10 Å². The van der Waals surface area contributed by atoms with Gasteiger partial charge in [-0.05, 0) is 24.8 Å². The molecule has 0 aliphatic carbocycles. The van der Waals surface area contributed by atoms with Gasteiger partial charge in [0.1, 0.15) is 0 Å². The van der Waals surface area contributed by atoms with E-state index in [2.05, 4.69) is 17.2 Å². The monoisotopic (exact) mass is 273 g/mol. The van der Waals surface area contributed by atoms with Crippen molar-refractivity contribution in [3.63, 3.8) is 0 Å². The third-order valence-corrected chi connectivity index (χ3v) is 2.99. The molecule has 0 spiro atoms. The van der Waals surface area contributed by atoms with Crippen LogP contribution in [0, 0.1) is 5.41 Å². The van der Waals surface area contributed by atoms with E-state index >= 15 is 0 Å². The Morgan fingerprint density at radius 2 is 2.05 bits per heavy atom. The van der Waals surface area contributed by atoms with Gasteiger partial charge in [0, 0.05) is 6.54 Å². The van der Waals surface area contributed by atoms with Crippen molar-refractivity contribution in [3.8, 4) is 0 Å². The predicted octanol–water partition coefficient (Wildman–Crippen LogP) is 1.96. The zero-order valence-corrected chi connectivity index (χ0v) is 11.2. The number of unbranched alkanes of at least 4 members (excludes halogenated alkanes) is 1. The number of hydrogen-bond donors (Lipinski definition) is 3. The molecule has 0 saturated carbocycles. The predicted molar refractivity (Wildman–Crippen MR) is 77.6 cm³/mol. The molecule has 1 heterocycles. The molecule has 6 nitrogen and oxygen atoms in total. The summed E-state index contributed by atoms with van der Waals surface area (Å²) in [6.07, 6.45) is 5.66. The smallest absolute Gasteiger partial charge is 0.243 e. The lowest BCUT2D eigenvalue weighted by molar-refractivity contribution is -0.0212. The van der Waals surface area contributed by atoms with Crippen LogP contribution in [-0.4, -0.2) is 32.6 Å². The van der Waals surface area contributed by atoms with Crippen molar-refractivity contribution in [2.45, 2.75) is 19.3 Å². The maximum Gasteiger partial charge on any atom is 0.243 e. The average molecular weight is 273 g/mol. The normalized spacial score (nSPS) is 10.4. The molecule has 0 saturated heterocycles. The number of anilines is 1. The fraction of sp³-hybridized carbons (Fsp3) is 0.286. The lowest BCUT2D eigenvalue weighted by Gasteiger charge is -2.16. The van der Waals surface area contributed by atoms with E-state index in [1.807, 2.05) is 18.2 Å². The molecule has 20 heavy (non-hydrogen) atoms. The molecule has 6 heteroatoms. The Hall–Kier alpha value is -2.34. The highest BCUT2D eigenvalue weighted by Crippen LogP contribution is 2.05. The fourth-order valence-electron chi connectivity index (χ4n) is 1.91. The molecule has 0 amide bonds. The maximum atomic E-state index is 9.78. The first-order chi connectivity index (χ1) is 9.66. The molecule has 0 radical (unpaired) electrons. The topological polar surface area (TPSA) is 91.2 Å². The van der Waals surface area contributed by atoms with Gasteiger partial charge < -0.3 is 5.73 Å². The second kappa shape index (κ2) is 6.72. The van der Waals surface area contributed by atoms with Crippen LogP contribution in [0.25, 0.3) is 0 Å². The zero-order valence-electron chi connectivity index (χ0n) is 11.2. The summed E-state index contributed by atoms with van der Waals surface area (Å²) < 4.78 is 1.24. The largest absolute Gasteiger partial charge is 0.396 e. The number of nitrogens with two attached hydrogens (primary N) is 1. The number of rotatable bonds is 5. The zero-order chi connectivity index (χ0) is 14.4. The van der Waals surface area contributed by atoms with Gasteiger partial charge in [0.2, 0.25) is 5.96 Å². The molecular formula is C14H19N5O. The Kier molecular flexibility index (Phi) is 4.73. The first-order valence-electron chi connectivity index (χ1n) is 6.56. The van der Waals surface area contributed by atoms with Crippen LogP contribution in [0.1, 0.15) is 18.4 Å². The summed E-state index contributed by atoms with van der Waals surface area (Å²) >= 11 is 0. The Balaban J connectivity index is 1.72. The van der Waals surface area contributed by atoms with Gasteiger partial charge in [0.15, 0.2) is 0 Å². The van der Waals surface area contributed by atoms with E-state index in [0.717, 1.165) is 24.3 Å². The second-order valence-corrected chi connectivity index (χ2v) is 4.61. The van der Waals surface area contributed by atoms with Crippen molar-refractivity contribution in [1.29, 1.82) is 5.41 Å². The summed E-state index contributed by atoms with van der Waals surface area (Å²) in [7, 11) is 0. The molecule has 0 fully saturated rings. The van der Waals surface area contributed by atoms with Crippen molar-refractivity contribution in [2.75, 3.05) is 12.3 Å². The van der Waals surface area contributed by atoms with E-state index < -0.39 is 0 Å². The van der Waals surface area contributed by atoms with Crippen LogP contribution >= 0.6 is 0 Å². The Morgan fingerprint density at radius 3 is 2.70 bits per heavy atom. The summed E-state index contributed by atoms with van der Waals surface area (Å²) in [5.74, 6) is -0.0959. The molecule has 0 bridgehead atoms. The van der Waals surface area contributed by atoms with Crippen molar-refractivity contribution in [2.24, 2.45) is 0 Å². The van der Waals surface area contributed by atoms with Crippen LogP contribution in [0.15, 0.2) is 42.7 Å². The summed E-state index contributed by atoms with van der Waals surface area (Å²) in [5.41, 5.74) is 7.27. The second-order valence-electron chi connectivity index (χ2n) is 4.61. The van der Waals surface area contributed by atoms with Crippen molar-refractivity contribution < 1.29 is 5.21 Å². The van der Waals surface area contributed by atoms with Gasteiger partial charge in [-0.25, -0.2) is 9.75 Å². The van der Waals surface area contributed by atoms with E-state index in [0.29, 0.717) is 12.2 Å². The maximum absolute atomic E-state index is 9.78. The number of aromatic nitrogens is 2. The Morgan fingerprint density at radius 1 is 1.30 bits per heavy atom. The third-order valence-electron chi connectivity index (χ3n) is 2.99. The van der Waals surface area contributed by atoms with E-state index in [9.17, 15) is 5.21 Å². The van der Waals surface area contributed by atoms with E-state index in [-0.39, 0.29) is 5.96 Å². The number of nitrogens with zero attached hydrogens (tertiary/aromatic N) is 3. The fourth-order valence-corrected chi connectivity index (χ4v) is 1.91. The lowest BCUT2D eigenvalue weighted by Crippen LogP contribution is -2.33. The van der Waals surface area contributed by atoms with Crippen LogP contribution in [0.5, 0.6) is 0 Å². The first-order valence-corrected chi connectivity index (χ1v) is 6.56. The number of nitrogen functional groups attached to an aromatic ring is 1. The number of aryl methyl sites for hydroxylation is 1. The van der Waals surface area contributed by atoms with Gasteiger partial charge in [0.05, 0.1) is 18.1 Å². The van der Waals surface area contributed by atoms with E-state index in [4.69, 9.17) is 11.1 Å². The molecule has 0 atom stereocenters. The van der Waals surface area contributed by atoms with Crippen LogP contribution < -0.4 is 5.73 Å².